The number of benzene rings is 5. The Bertz CT molecular complexity index is 2010. The molecule has 0 radical (unpaired) electrons. The fraction of sp³-hybridized carbons (Fsp3) is 0.0882. The summed E-state index contributed by atoms with van der Waals surface area (Å²) in [5.41, 5.74) is 6.26. The van der Waals surface area contributed by atoms with E-state index in [0.717, 1.165) is 44.3 Å². The maximum atomic E-state index is 13.6. The number of aromatic nitrogens is 3. The normalized spacial score (nSPS) is 16.1. The Morgan fingerprint density at radius 2 is 1.29 bits per heavy atom. The van der Waals surface area contributed by atoms with Crippen LogP contribution in [-0.4, -0.2) is 23.6 Å². The van der Waals surface area contributed by atoms with Crippen LogP contribution in [0.5, 0.6) is 0 Å². The number of nitrogens with one attached hydrogen (secondary N) is 1. The zero-order chi connectivity index (χ0) is 28.7. The highest BCUT2D eigenvalue weighted by Crippen LogP contribution is 2.53. The topological polar surface area (TPSA) is 84.8 Å². The Morgan fingerprint density at radius 3 is 1.95 bits per heavy atom. The van der Waals surface area contributed by atoms with E-state index < -0.39 is 16.1 Å². The van der Waals surface area contributed by atoms with Crippen molar-refractivity contribution < 1.29 is 8.42 Å². The molecule has 0 spiro atoms. The highest BCUT2D eigenvalue weighted by atomic mass is 32.2. The summed E-state index contributed by atoms with van der Waals surface area (Å²) in [5, 5.41) is 11.5. The van der Waals surface area contributed by atoms with Crippen LogP contribution in [-0.2, 0) is 10.0 Å². The fourth-order valence-electron chi connectivity index (χ4n) is 5.51. The van der Waals surface area contributed by atoms with Gasteiger partial charge in [0.25, 0.3) is 0 Å². The summed E-state index contributed by atoms with van der Waals surface area (Å²) >= 11 is 1.43. The van der Waals surface area contributed by atoms with Gasteiger partial charge in [0.2, 0.25) is 15.2 Å². The molecule has 0 amide bonds. The summed E-state index contributed by atoms with van der Waals surface area (Å²) < 4.78 is 30.3. The molecule has 0 fully saturated rings. The van der Waals surface area contributed by atoms with Gasteiger partial charge in [-0.15, -0.1) is 10.2 Å². The zero-order valence-electron chi connectivity index (χ0n) is 22.7. The van der Waals surface area contributed by atoms with Crippen LogP contribution in [0.2, 0.25) is 0 Å². The first kappa shape index (κ1) is 26.5. The van der Waals surface area contributed by atoms with Crippen LogP contribution in [0.25, 0.3) is 33.3 Å². The average Bonchev–Trinajstić information content (AvgIpc) is 3.31. The molecule has 0 saturated carbocycles. The highest BCUT2D eigenvalue weighted by molar-refractivity contribution is 7.99. The molecule has 0 aliphatic heterocycles. The van der Waals surface area contributed by atoms with Crippen molar-refractivity contribution in [2.24, 2.45) is 0 Å². The molecule has 1 heterocycles. The van der Waals surface area contributed by atoms with Crippen LogP contribution < -0.4 is 4.72 Å². The predicted octanol–water partition coefficient (Wildman–Crippen LogP) is 7.53. The largest absolute Gasteiger partial charge is 0.241 e. The predicted molar refractivity (Wildman–Crippen MR) is 167 cm³/mol. The molecule has 0 bridgehead atoms. The number of hydrogen-bond donors (Lipinski definition) is 1. The highest BCUT2D eigenvalue weighted by Gasteiger charge is 2.38. The molecule has 6 nitrogen and oxygen atoms in total. The van der Waals surface area contributed by atoms with Crippen molar-refractivity contribution in [3.63, 3.8) is 0 Å². The van der Waals surface area contributed by atoms with E-state index in [0.29, 0.717) is 10.9 Å². The molecule has 1 aromatic heterocycles. The van der Waals surface area contributed by atoms with Crippen molar-refractivity contribution in [1.29, 1.82) is 0 Å². The van der Waals surface area contributed by atoms with Crippen molar-refractivity contribution in [3.05, 3.63) is 138 Å². The third kappa shape index (κ3) is 4.87. The number of thioether (sulfide) groups is 1. The van der Waals surface area contributed by atoms with E-state index in [1.165, 1.54) is 11.8 Å². The second kappa shape index (κ2) is 10.8. The maximum Gasteiger partial charge on any atom is 0.241 e. The zero-order valence-corrected chi connectivity index (χ0v) is 24.3. The molecule has 5 aromatic carbocycles. The third-order valence-electron chi connectivity index (χ3n) is 7.52. The van der Waals surface area contributed by atoms with E-state index in [2.05, 4.69) is 33.1 Å². The van der Waals surface area contributed by atoms with E-state index in [1.807, 2.05) is 97.9 Å². The molecule has 1 N–H and O–H groups in total. The minimum absolute atomic E-state index is 0.233. The smallest absolute Gasteiger partial charge is 0.219 e. The maximum absolute atomic E-state index is 13.6. The Kier molecular flexibility index (Phi) is 6.82. The van der Waals surface area contributed by atoms with Crippen LogP contribution in [0, 0.1) is 6.92 Å². The molecule has 8 heteroatoms. The van der Waals surface area contributed by atoms with Crippen LogP contribution in [0.15, 0.2) is 131 Å². The van der Waals surface area contributed by atoms with E-state index in [4.69, 9.17) is 4.98 Å². The Hall–Kier alpha value is -4.37. The Balaban J connectivity index is 1.32. The lowest BCUT2D eigenvalue weighted by molar-refractivity contribution is 0.557. The molecule has 42 heavy (non-hydrogen) atoms. The van der Waals surface area contributed by atoms with Crippen LogP contribution in [0.1, 0.15) is 28.0 Å². The fourth-order valence-corrected chi connectivity index (χ4v) is 7.96. The van der Waals surface area contributed by atoms with Gasteiger partial charge in [0, 0.05) is 11.1 Å². The molecular formula is C34H26N4O2S2. The minimum atomic E-state index is -3.81. The molecule has 7 rings (SSSR count). The van der Waals surface area contributed by atoms with E-state index in [1.54, 1.807) is 12.1 Å². The second-order valence-electron chi connectivity index (χ2n) is 10.3. The summed E-state index contributed by atoms with van der Waals surface area (Å²) in [6, 6.07) is 38.4. The Labute approximate surface area is 248 Å². The first-order valence-electron chi connectivity index (χ1n) is 13.6. The molecule has 2 unspecified atom stereocenters. The summed E-state index contributed by atoms with van der Waals surface area (Å²) in [6.07, 6.45) is 0. The molecular weight excluding hydrogens is 561 g/mol. The van der Waals surface area contributed by atoms with E-state index >= 15 is 0 Å². The lowest BCUT2D eigenvalue weighted by Crippen LogP contribution is -2.30. The van der Waals surface area contributed by atoms with Gasteiger partial charge in [-0.3, -0.25) is 0 Å². The SMILES string of the molecule is Cc1ccc(S(=O)(=O)NC2c3cccc4cccc(c34)C2Sc2nnc(-c3ccccc3)c(-c3ccccc3)n2)cc1. The summed E-state index contributed by atoms with van der Waals surface area (Å²) in [5.74, 6) is 0. The lowest BCUT2D eigenvalue weighted by atomic mass is 10.0. The first-order chi connectivity index (χ1) is 20.5. The van der Waals surface area contributed by atoms with Crippen LogP contribution in [0.4, 0.5) is 0 Å². The van der Waals surface area contributed by atoms with Crippen molar-refractivity contribution in [2.75, 3.05) is 0 Å². The third-order valence-corrected chi connectivity index (χ3v) is 10.1. The van der Waals surface area contributed by atoms with Gasteiger partial charge in [0.1, 0.15) is 11.4 Å². The average molecular weight is 587 g/mol. The van der Waals surface area contributed by atoms with Crippen molar-refractivity contribution in [2.45, 2.75) is 28.3 Å². The van der Waals surface area contributed by atoms with Gasteiger partial charge in [-0.2, -0.15) is 0 Å². The summed E-state index contributed by atoms with van der Waals surface area (Å²) in [4.78, 5) is 5.25. The molecule has 1 aliphatic rings. The monoisotopic (exact) mass is 586 g/mol. The molecule has 6 aromatic rings. The van der Waals surface area contributed by atoms with Gasteiger partial charge < -0.3 is 0 Å². The van der Waals surface area contributed by atoms with Crippen LogP contribution >= 0.6 is 11.8 Å². The first-order valence-corrected chi connectivity index (χ1v) is 16.0. The van der Waals surface area contributed by atoms with E-state index in [9.17, 15) is 8.42 Å². The molecule has 1 aliphatic carbocycles. The molecule has 2 atom stereocenters. The van der Waals surface area contributed by atoms with Gasteiger partial charge in [-0.05, 0) is 41.0 Å². The van der Waals surface area contributed by atoms with Gasteiger partial charge in [0.05, 0.1) is 16.2 Å². The number of nitrogens with zero attached hydrogens (tertiary/aromatic N) is 3. The van der Waals surface area contributed by atoms with E-state index in [-0.39, 0.29) is 10.1 Å². The summed E-state index contributed by atoms with van der Waals surface area (Å²) in [6.45, 7) is 1.94. The number of sulfonamides is 1. The van der Waals surface area contributed by atoms with Crippen molar-refractivity contribution >= 4 is 32.6 Å². The van der Waals surface area contributed by atoms with Gasteiger partial charge in [0.15, 0.2) is 0 Å². The number of rotatable bonds is 7. The molecule has 206 valence electrons. The minimum Gasteiger partial charge on any atom is -0.219 e. The van der Waals surface area contributed by atoms with Gasteiger partial charge >= 0.3 is 0 Å². The standard InChI is InChI=1S/C34H26N4O2S2/c1-22-18-20-26(21-19-22)42(39,40)38-32-27-16-8-14-23-15-9-17-28(29(23)27)33(32)41-34-35-30(24-10-4-2-5-11-24)31(36-37-34)25-12-6-3-7-13-25/h2-21,32-33,38H,1H3. The number of aryl methyl sites for hydroxylation is 1. The second-order valence-corrected chi connectivity index (χ2v) is 13.1. The van der Waals surface area contributed by atoms with Gasteiger partial charge in [-0.1, -0.05) is 127 Å². The lowest BCUT2D eigenvalue weighted by Gasteiger charge is -2.22. The van der Waals surface area contributed by atoms with Gasteiger partial charge in [-0.25, -0.2) is 18.1 Å². The van der Waals surface area contributed by atoms with Crippen molar-refractivity contribution in [3.8, 4) is 22.5 Å². The van der Waals surface area contributed by atoms with Crippen LogP contribution in [0.3, 0.4) is 0 Å². The van der Waals surface area contributed by atoms with Crippen molar-refractivity contribution in [1.82, 2.24) is 19.9 Å². The summed E-state index contributed by atoms with van der Waals surface area (Å²) in [7, 11) is -3.81. The number of hydrogen-bond acceptors (Lipinski definition) is 6. The molecule has 0 saturated heterocycles. The quantitative estimate of drug-likeness (QED) is 0.208. The Morgan fingerprint density at radius 1 is 0.667 bits per heavy atom.